The molecule has 0 saturated heterocycles. The molecule has 3 rings (SSSR count). The summed E-state index contributed by atoms with van der Waals surface area (Å²) >= 11 is 12.0. The van der Waals surface area contributed by atoms with Crippen molar-refractivity contribution in [3.05, 3.63) is 64.1 Å². The van der Waals surface area contributed by atoms with E-state index in [9.17, 15) is 4.57 Å². The van der Waals surface area contributed by atoms with Gasteiger partial charge in [-0.15, -0.1) is 0 Å². The molecule has 0 unspecified atom stereocenters. The van der Waals surface area contributed by atoms with E-state index in [1.165, 1.54) is 0 Å². The molecule has 0 N–H and O–H groups in total. The summed E-state index contributed by atoms with van der Waals surface area (Å²) < 4.78 is 28.8. The Hall–Kier alpha value is -1.62. The summed E-state index contributed by atoms with van der Waals surface area (Å²) in [5, 5.41) is 5.05. The molecule has 0 atom stereocenters. The minimum Gasteiger partial charge on any atom is -0.356 e. The van der Waals surface area contributed by atoms with Gasteiger partial charge in [-0.05, 0) is 31.5 Å². The van der Waals surface area contributed by atoms with Gasteiger partial charge in [0.1, 0.15) is 5.69 Å². The molecule has 5 nitrogen and oxygen atoms in total. The Labute approximate surface area is 174 Å². The number of nitrogens with zero attached hydrogens (tertiary/aromatic N) is 1. The summed E-state index contributed by atoms with van der Waals surface area (Å²) in [6.45, 7) is 4.27. The van der Waals surface area contributed by atoms with Crippen LogP contribution in [0.25, 0.3) is 22.6 Å². The van der Waals surface area contributed by atoms with Crippen LogP contribution >= 0.6 is 30.8 Å². The molecule has 0 aliphatic rings. The van der Waals surface area contributed by atoms with Crippen molar-refractivity contribution in [1.29, 1.82) is 0 Å². The number of benzene rings is 2. The Morgan fingerprint density at radius 2 is 1.57 bits per heavy atom. The number of hydrogen-bond acceptors (Lipinski definition) is 5. The molecule has 3 aromatic rings. The third-order valence-corrected chi connectivity index (χ3v) is 6.79. The van der Waals surface area contributed by atoms with Crippen LogP contribution in [0.15, 0.2) is 53.1 Å². The van der Waals surface area contributed by atoms with Crippen molar-refractivity contribution < 1.29 is 18.1 Å². The van der Waals surface area contributed by atoms with E-state index in [2.05, 4.69) is 5.16 Å². The van der Waals surface area contributed by atoms with Crippen molar-refractivity contribution in [3.63, 3.8) is 0 Å². The lowest BCUT2D eigenvalue weighted by molar-refractivity contribution is 0.219. The summed E-state index contributed by atoms with van der Waals surface area (Å²) in [6, 6.07) is 14.7. The van der Waals surface area contributed by atoms with Crippen molar-refractivity contribution in [2.45, 2.75) is 20.0 Å². The lowest BCUT2D eigenvalue weighted by Gasteiger charge is -2.16. The minimum atomic E-state index is -3.13. The zero-order chi connectivity index (χ0) is 20.1. The standard InChI is InChI=1S/C20H20Cl2NO4P/c1-3-25-28(24,26-4-2)13-14-5-7-15(8-6-14)20-12-19(23-27-20)16-9-10-17(21)18(22)11-16/h5-12H,3-4,13H2,1-2H3. The van der Waals surface area contributed by atoms with Gasteiger partial charge in [-0.2, -0.15) is 0 Å². The number of hydrogen-bond donors (Lipinski definition) is 0. The summed E-state index contributed by atoms with van der Waals surface area (Å²) in [7, 11) is -3.13. The second kappa shape index (κ2) is 9.25. The molecule has 1 heterocycles. The Bertz CT molecular complexity index is 978. The van der Waals surface area contributed by atoms with Crippen LogP contribution in [0.4, 0.5) is 0 Å². The van der Waals surface area contributed by atoms with Crippen molar-refractivity contribution in [1.82, 2.24) is 5.16 Å². The second-order valence-corrected chi connectivity index (χ2v) is 8.88. The van der Waals surface area contributed by atoms with Gasteiger partial charge in [-0.3, -0.25) is 4.57 Å². The smallest absolute Gasteiger partial charge is 0.335 e. The molecule has 0 spiro atoms. The first-order valence-corrected chi connectivity index (χ1v) is 11.3. The molecule has 0 fully saturated rings. The SMILES string of the molecule is CCOP(=O)(Cc1ccc(-c2cc(-c3ccc(Cl)c(Cl)c3)no2)cc1)OCC. The normalized spacial score (nSPS) is 11.7. The molecule has 28 heavy (non-hydrogen) atoms. The highest BCUT2D eigenvalue weighted by molar-refractivity contribution is 7.53. The van der Waals surface area contributed by atoms with Gasteiger partial charge in [0.2, 0.25) is 0 Å². The molecule has 1 aromatic heterocycles. The number of halogens is 2. The second-order valence-electron chi connectivity index (χ2n) is 6.01. The topological polar surface area (TPSA) is 61.6 Å². The van der Waals surface area contributed by atoms with Crippen LogP contribution in [0.1, 0.15) is 19.4 Å². The fourth-order valence-corrected chi connectivity index (χ4v) is 4.72. The zero-order valence-electron chi connectivity index (χ0n) is 15.5. The molecule has 0 saturated carbocycles. The lowest BCUT2D eigenvalue weighted by Crippen LogP contribution is -1.99. The van der Waals surface area contributed by atoms with Gasteiger partial charge in [0.25, 0.3) is 0 Å². The third kappa shape index (κ3) is 5.05. The van der Waals surface area contributed by atoms with Crippen molar-refractivity contribution in [2.75, 3.05) is 13.2 Å². The van der Waals surface area contributed by atoms with Gasteiger partial charge in [0.05, 0.1) is 29.4 Å². The average Bonchev–Trinajstić information content (AvgIpc) is 3.15. The molecule has 0 bridgehead atoms. The zero-order valence-corrected chi connectivity index (χ0v) is 17.9. The maximum absolute atomic E-state index is 12.7. The van der Waals surface area contributed by atoms with Crippen molar-refractivity contribution >= 4 is 30.8 Å². The molecule has 148 valence electrons. The monoisotopic (exact) mass is 439 g/mol. The van der Waals surface area contributed by atoms with Gasteiger partial charge < -0.3 is 13.6 Å². The highest BCUT2D eigenvalue weighted by atomic mass is 35.5. The van der Waals surface area contributed by atoms with Gasteiger partial charge in [0.15, 0.2) is 5.76 Å². The van der Waals surface area contributed by atoms with Crippen molar-refractivity contribution in [3.8, 4) is 22.6 Å². The molecule has 0 radical (unpaired) electrons. The first-order valence-electron chi connectivity index (χ1n) is 8.83. The summed E-state index contributed by atoms with van der Waals surface area (Å²) in [4.78, 5) is 0. The van der Waals surface area contributed by atoms with Crippen molar-refractivity contribution in [2.24, 2.45) is 0 Å². The molecule has 2 aromatic carbocycles. The summed E-state index contributed by atoms with van der Waals surface area (Å²) in [5.74, 6) is 0.616. The van der Waals surface area contributed by atoms with Crippen LogP contribution in [0.5, 0.6) is 0 Å². The van der Waals surface area contributed by atoms with Gasteiger partial charge >= 0.3 is 7.60 Å². The molecule has 0 aliphatic carbocycles. The van der Waals surface area contributed by atoms with E-state index in [-0.39, 0.29) is 6.16 Å². The van der Waals surface area contributed by atoms with Crippen LogP contribution in [0, 0.1) is 0 Å². The highest BCUT2D eigenvalue weighted by Gasteiger charge is 2.24. The third-order valence-electron chi connectivity index (χ3n) is 3.99. The largest absolute Gasteiger partial charge is 0.356 e. The highest BCUT2D eigenvalue weighted by Crippen LogP contribution is 2.51. The predicted molar refractivity (Wildman–Crippen MR) is 112 cm³/mol. The Morgan fingerprint density at radius 3 is 2.18 bits per heavy atom. The lowest BCUT2D eigenvalue weighted by atomic mass is 10.1. The van der Waals surface area contributed by atoms with Crippen LogP contribution in [0.3, 0.4) is 0 Å². The van der Waals surface area contributed by atoms with Crippen LogP contribution in [-0.4, -0.2) is 18.4 Å². The van der Waals surface area contributed by atoms with E-state index in [1.807, 2.05) is 36.4 Å². The van der Waals surface area contributed by atoms with Gasteiger partial charge in [0, 0.05) is 17.2 Å². The Balaban J connectivity index is 1.78. The minimum absolute atomic E-state index is 0.222. The Morgan fingerprint density at radius 1 is 0.929 bits per heavy atom. The quantitative estimate of drug-likeness (QED) is 0.350. The van der Waals surface area contributed by atoms with E-state index in [4.69, 9.17) is 36.8 Å². The Kier molecular flexibility index (Phi) is 6.97. The van der Waals surface area contributed by atoms with Crippen LogP contribution < -0.4 is 0 Å². The summed E-state index contributed by atoms with van der Waals surface area (Å²) in [5.41, 5.74) is 3.19. The van der Waals surface area contributed by atoms with E-state index in [0.29, 0.717) is 34.7 Å². The molecular formula is C20H20Cl2NO4P. The molecule has 0 aliphatic heterocycles. The molecule has 0 amide bonds. The van der Waals surface area contributed by atoms with E-state index in [1.54, 1.807) is 26.0 Å². The summed E-state index contributed by atoms with van der Waals surface area (Å²) in [6.07, 6.45) is 0.222. The first-order chi connectivity index (χ1) is 13.4. The number of aromatic nitrogens is 1. The maximum atomic E-state index is 12.7. The van der Waals surface area contributed by atoms with E-state index >= 15 is 0 Å². The predicted octanol–water partition coefficient (Wildman–Crippen LogP) is 7.08. The molecular weight excluding hydrogens is 420 g/mol. The van der Waals surface area contributed by atoms with E-state index < -0.39 is 7.60 Å². The van der Waals surface area contributed by atoms with Gasteiger partial charge in [-0.1, -0.05) is 58.7 Å². The van der Waals surface area contributed by atoms with E-state index in [0.717, 1.165) is 16.7 Å². The molecule has 8 heteroatoms. The van der Waals surface area contributed by atoms with Gasteiger partial charge in [-0.25, -0.2) is 0 Å². The number of rotatable bonds is 8. The van der Waals surface area contributed by atoms with Crippen LogP contribution in [0.2, 0.25) is 10.0 Å². The first kappa shape index (κ1) is 21.1. The maximum Gasteiger partial charge on any atom is 0.335 e. The fourth-order valence-electron chi connectivity index (χ4n) is 2.72. The van der Waals surface area contributed by atoms with Crippen LogP contribution in [-0.2, 0) is 19.8 Å². The average molecular weight is 440 g/mol. The fraction of sp³-hybridized carbons (Fsp3) is 0.250.